The first-order valence-electron chi connectivity index (χ1n) is 6.74. The van der Waals surface area contributed by atoms with E-state index in [4.69, 9.17) is 9.72 Å². The molecule has 0 spiro atoms. The first-order chi connectivity index (χ1) is 10.1. The zero-order valence-corrected chi connectivity index (χ0v) is 13.9. The maximum absolute atomic E-state index is 5.27. The van der Waals surface area contributed by atoms with Gasteiger partial charge in [-0.3, -0.25) is 0 Å². The maximum Gasteiger partial charge on any atom is 0.159 e. The Morgan fingerprint density at radius 2 is 2.10 bits per heavy atom. The number of hydrogen-bond donors (Lipinski definition) is 0. The average Bonchev–Trinajstić information content (AvgIpc) is 2.78. The molecular formula is C15H17BrN4O. The minimum atomic E-state index is 0.809. The van der Waals surface area contributed by atoms with Gasteiger partial charge in [-0.05, 0) is 54.3 Å². The topological polar surface area (TPSA) is 43.2 Å². The van der Waals surface area contributed by atoms with Crippen molar-refractivity contribution in [3.05, 3.63) is 28.9 Å². The molecule has 0 N–H and O–H groups in total. The highest BCUT2D eigenvalue weighted by molar-refractivity contribution is 9.10. The molecule has 0 fully saturated rings. The molecule has 5 nitrogen and oxygen atoms in total. The Labute approximate surface area is 131 Å². The number of rotatable bonds is 4. The van der Waals surface area contributed by atoms with Gasteiger partial charge in [-0.2, -0.15) is 5.10 Å². The summed E-state index contributed by atoms with van der Waals surface area (Å²) in [5, 5.41) is 6.61. The summed E-state index contributed by atoms with van der Waals surface area (Å²) < 4.78 is 8.04. The first-order valence-corrected chi connectivity index (χ1v) is 7.53. The first kappa shape index (κ1) is 14.3. The Morgan fingerprint density at radius 1 is 1.29 bits per heavy atom. The predicted molar refractivity (Wildman–Crippen MR) is 87.8 cm³/mol. The van der Waals surface area contributed by atoms with Crippen LogP contribution in [0.4, 0.5) is 0 Å². The second-order valence-electron chi connectivity index (χ2n) is 5.24. The van der Waals surface area contributed by atoms with Gasteiger partial charge in [-0.25, -0.2) is 9.67 Å². The van der Waals surface area contributed by atoms with Gasteiger partial charge >= 0.3 is 0 Å². The number of nitrogens with zero attached hydrogens (tertiary/aromatic N) is 4. The lowest BCUT2D eigenvalue weighted by Gasteiger charge is -2.09. The molecule has 0 aliphatic heterocycles. The molecule has 3 rings (SSSR count). The largest absolute Gasteiger partial charge is 0.497 e. The van der Waals surface area contributed by atoms with Crippen LogP contribution in [-0.2, 0) is 6.54 Å². The molecule has 0 bridgehead atoms. The Bertz CT molecular complexity index is 797. The lowest BCUT2D eigenvalue weighted by atomic mass is 10.2. The molecule has 0 unspecified atom stereocenters. The maximum atomic E-state index is 5.27. The predicted octanol–water partition coefficient (Wildman–Crippen LogP) is 2.92. The summed E-state index contributed by atoms with van der Waals surface area (Å²) in [5.41, 5.74) is 1.85. The van der Waals surface area contributed by atoms with Crippen molar-refractivity contribution < 1.29 is 4.74 Å². The fraction of sp³-hybridized carbons (Fsp3) is 0.333. The van der Waals surface area contributed by atoms with Crippen molar-refractivity contribution in [1.82, 2.24) is 19.7 Å². The van der Waals surface area contributed by atoms with Gasteiger partial charge in [0.05, 0.1) is 24.6 Å². The summed E-state index contributed by atoms with van der Waals surface area (Å²) in [7, 11) is 5.77. The molecule has 0 saturated heterocycles. The van der Waals surface area contributed by atoms with Gasteiger partial charge in [0.1, 0.15) is 10.4 Å². The van der Waals surface area contributed by atoms with Crippen LogP contribution in [0.25, 0.3) is 21.9 Å². The zero-order valence-electron chi connectivity index (χ0n) is 12.3. The molecule has 0 aliphatic rings. The molecule has 6 heteroatoms. The summed E-state index contributed by atoms with van der Waals surface area (Å²) >= 11 is 3.53. The number of fused-ring (bicyclic) bond motifs is 2. The van der Waals surface area contributed by atoms with Crippen molar-refractivity contribution in [3.63, 3.8) is 0 Å². The Morgan fingerprint density at radius 3 is 2.81 bits per heavy atom. The molecule has 0 amide bonds. The van der Waals surface area contributed by atoms with Crippen molar-refractivity contribution in [3.8, 4) is 5.75 Å². The van der Waals surface area contributed by atoms with E-state index in [1.807, 2.05) is 22.9 Å². The number of hydrogen-bond acceptors (Lipinski definition) is 4. The van der Waals surface area contributed by atoms with Crippen LogP contribution in [0, 0.1) is 0 Å². The normalized spacial score (nSPS) is 11.7. The van der Waals surface area contributed by atoms with E-state index in [-0.39, 0.29) is 0 Å². The molecule has 0 saturated carbocycles. The summed E-state index contributed by atoms with van der Waals surface area (Å²) in [4.78, 5) is 6.88. The van der Waals surface area contributed by atoms with Crippen LogP contribution in [0.2, 0.25) is 0 Å². The SMILES string of the molecule is COc1ccc2nc3c(cc2c1)c(Br)nn3CCN(C)C. The van der Waals surface area contributed by atoms with Gasteiger partial charge in [0, 0.05) is 11.9 Å². The summed E-state index contributed by atoms with van der Waals surface area (Å²) in [6.07, 6.45) is 0. The number of ether oxygens (including phenoxy) is 1. The standard InChI is InChI=1S/C15H17BrN4O/c1-19(2)6-7-20-15-12(14(16)18-20)9-10-8-11(21-3)4-5-13(10)17-15/h4-5,8-9H,6-7H2,1-3H3. The van der Waals surface area contributed by atoms with Gasteiger partial charge in [0.15, 0.2) is 5.65 Å². The number of methoxy groups -OCH3 is 1. The zero-order chi connectivity index (χ0) is 15.0. The highest BCUT2D eigenvalue weighted by Crippen LogP contribution is 2.28. The summed E-state index contributed by atoms with van der Waals surface area (Å²) in [5.74, 6) is 0.833. The van der Waals surface area contributed by atoms with E-state index in [2.05, 4.69) is 46.1 Å². The Hall–Kier alpha value is -1.66. The second-order valence-corrected chi connectivity index (χ2v) is 5.99. The van der Waals surface area contributed by atoms with Crippen LogP contribution < -0.4 is 4.74 Å². The van der Waals surface area contributed by atoms with Crippen LogP contribution in [-0.4, -0.2) is 47.4 Å². The van der Waals surface area contributed by atoms with Gasteiger partial charge in [-0.1, -0.05) is 0 Å². The number of likely N-dealkylation sites (N-methyl/N-ethyl adjacent to an activating group) is 1. The number of pyridine rings is 1. The van der Waals surface area contributed by atoms with Gasteiger partial charge < -0.3 is 9.64 Å². The Kier molecular flexibility index (Phi) is 3.82. The minimum absolute atomic E-state index is 0.809. The lowest BCUT2D eigenvalue weighted by molar-refractivity contribution is 0.376. The smallest absolute Gasteiger partial charge is 0.159 e. The van der Waals surface area contributed by atoms with Crippen molar-refractivity contribution in [2.24, 2.45) is 0 Å². The van der Waals surface area contributed by atoms with Crippen LogP contribution >= 0.6 is 15.9 Å². The summed E-state index contributed by atoms with van der Waals surface area (Å²) in [6.45, 7) is 1.73. The molecular weight excluding hydrogens is 332 g/mol. The van der Waals surface area contributed by atoms with Crippen LogP contribution in [0.15, 0.2) is 28.9 Å². The molecule has 0 aliphatic carbocycles. The van der Waals surface area contributed by atoms with E-state index in [0.717, 1.165) is 45.4 Å². The van der Waals surface area contributed by atoms with Crippen molar-refractivity contribution in [2.75, 3.05) is 27.7 Å². The van der Waals surface area contributed by atoms with E-state index in [9.17, 15) is 0 Å². The number of halogens is 1. The van der Waals surface area contributed by atoms with E-state index >= 15 is 0 Å². The highest BCUT2D eigenvalue weighted by Gasteiger charge is 2.12. The number of benzene rings is 1. The van der Waals surface area contributed by atoms with E-state index in [0.29, 0.717) is 0 Å². The van der Waals surface area contributed by atoms with Crippen LogP contribution in [0.3, 0.4) is 0 Å². The third kappa shape index (κ3) is 2.73. The number of aromatic nitrogens is 3. The molecule has 2 aromatic heterocycles. The average molecular weight is 349 g/mol. The van der Waals surface area contributed by atoms with Crippen molar-refractivity contribution >= 4 is 37.9 Å². The molecule has 2 heterocycles. The third-order valence-corrected chi connectivity index (χ3v) is 4.02. The second kappa shape index (κ2) is 5.61. The molecule has 110 valence electrons. The van der Waals surface area contributed by atoms with Gasteiger partial charge in [0.2, 0.25) is 0 Å². The Balaban J connectivity index is 2.14. The summed E-state index contributed by atoms with van der Waals surface area (Å²) in [6, 6.07) is 8.00. The van der Waals surface area contributed by atoms with E-state index < -0.39 is 0 Å². The van der Waals surface area contributed by atoms with Crippen LogP contribution in [0.5, 0.6) is 5.75 Å². The third-order valence-electron chi connectivity index (χ3n) is 3.44. The molecule has 1 aromatic carbocycles. The fourth-order valence-corrected chi connectivity index (χ4v) is 2.76. The van der Waals surface area contributed by atoms with Gasteiger partial charge in [-0.15, -0.1) is 0 Å². The van der Waals surface area contributed by atoms with Crippen molar-refractivity contribution in [1.29, 1.82) is 0 Å². The highest BCUT2D eigenvalue weighted by atomic mass is 79.9. The molecule has 21 heavy (non-hydrogen) atoms. The molecule has 0 radical (unpaired) electrons. The van der Waals surface area contributed by atoms with Gasteiger partial charge in [0.25, 0.3) is 0 Å². The minimum Gasteiger partial charge on any atom is -0.497 e. The quantitative estimate of drug-likeness (QED) is 0.727. The molecule has 3 aromatic rings. The molecule has 0 atom stereocenters. The van der Waals surface area contributed by atoms with Crippen LogP contribution in [0.1, 0.15) is 0 Å². The van der Waals surface area contributed by atoms with E-state index in [1.54, 1.807) is 7.11 Å². The lowest BCUT2D eigenvalue weighted by Crippen LogP contribution is -2.19. The monoisotopic (exact) mass is 348 g/mol. The van der Waals surface area contributed by atoms with E-state index in [1.165, 1.54) is 0 Å². The van der Waals surface area contributed by atoms with Crippen molar-refractivity contribution in [2.45, 2.75) is 6.54 Å². The fourth-order valence-electron chi connectivity index (χ4n) is 2.28.